The lowest BCUT2D eigenvalue weighted by Crippen LogP contribution is -2.49. The van der Waals surface area contributed by atoms with E-state index in [1.54, 1.807) is 0 Å². The van der Waals surface area contributed by atoms with Crippen LogP contribution in [0.5, 0.6) is 0 Å². The smallest absolute Gasteiger partial charge is 0.221 e. The third-order valence-corrected chi connectivity index (χ3v) is 2.60. The molecule has 1 unspecified atom stereocenters. The van der Waals surface area contributed by atoms with Crippen molar-refractivity contribution >= 4 is 5.91 Å². The summed E-state index contributed by atoms with van der Waals surface area (Å²) in [5, 5.41) is 6.24. The first kappa shape index (κ1) is 8.97. The molecule has 1 amide bonds. The summed E-state index contributed by atoms with van der Waals surface area (Å²) >= 11 is 0. The molecule has 0 aromatic heterocycles. The van der Waals surface area contributed by atoms with E-state index in [9.17, 15) is 4.79 Å². The van der Waals surface area contributed by atoms with Gasteiger partial charge in [0.05, 0.1) is 19.3 Å². The van der Waals surface area contributed by atoms with Gasteiger partial charge in [-0.2, -0.15) is 0 Å². The lowest BCUT2D eigenvalue weighted by Gasteiger charge is -2.27. The number of nitrogens with one attached hydrogen (secondary N) is 2. The molecule has 2 fully saturated rings. The summed E-state index contributed by atoms with van der Waals surface area (Å²) in [6.45, 7) is 2.43. The average molecular weight is 184 g/mol. The molecule has 0 aromatic rings. The number of carbonyl (C=O) groups is 1. The van der Waals surface area contributed by atoms with Crippen LogP contribution in [0.3, 0.4) is 0 Å². The molecule has 2 rings (SSSR count). The van der Waals surface area contributed by atoms with Crippen molar-refractivity contribution in [2.45, 2.75) is 31.3 Å². The molecular weight excluding hydrogens is 168 g/mol. The highest BCUT2D eigenvalue weighted by atomic mass is 16.5. The van der Waals surface area contributed by atoms with Gasteiger partial charge >= 0.3 is 0 Å². The Hall–Kier alpha value is -0.610. The number of rotatable bonds is 3. The third-order valence-electron chi connectivity index (χ3n) is 2.60. The van der Waals surface area contributed by atoms with Gasteiger partial charge in [0.15, 0.2) is 0 Å². The largest absolute Gasteiger partial charge is 0.377 e. The monoisotopic (exact) mass is 184 g/mol. The standard InChI is InChI=1S/C9H16N2O2/c12-9(11-8-5-13-6-8)4-7-2-1-3-10-7/h7-8,10H,1-6H2,(H,11,12). The minimum atomic E-state index is 0.160. The number of carbonyl (C=O) groups excluding carboxylic acids is 1. The van der Waals surface area contributed by atoms with Crippen molar-refractivity contribution in [3.63, 3.8) is 0 Å². The van der Waals surface area contributed by atoms with Crippen molar-refractivity contribution in [3.8, 4) is 0 Å². The Bertz CT molecular complexity index is 186. The van der Waals surface area contributed by atoms with Gasteiger partial charge in [-0.15, -0.1) is 0 Å². The van der Waals surface area contributed by atoms with Gasteiger partial charge in [0, 0.05) is 12.5 Å². The van der Waals surface area contributed by atoms with E-state index in [2.05, 4.69) is 10.6 Å². The normalized spacial score (nSPS) is 28.5. The van der Waals surface area contributed by atoms with Gasteiger partial charge in [-0.3, -0.25) is 4.79 Å². The molecule has 2 aliphatic heterocycles. The van der Waals surface area contributed by atoms with E-state index < -0.39 is 0 Å². The molecule has 2 heterocycles. The van der Waals surface area contributed by atoms with Gasteiger partial charge in [-0.1, -0.05) is 0 Å². The van der Waals surface area contributed by atoms with E-state index >= 15 is 0 Å². The van der Waals surface area contributed by atoms with E-state index in [-0.39, 0.29) is 11.9 Å². The average Bonchev–Trinajstić information content (AvgIpc) is 2.49. The van der Waals surface area contributed by atoms with E-state index in [1.807, 2.05) is 0 Å². The fourth-order valence-corrected chi connectivity index (χ4v) is 1.76. The molecule has 0 bridgehead atoms. The molecular formula is C9H16N2O2. The fourth-order valence-electron chi connectivity index (χ4n) is 1.76. The van der Waals surface area contributed by atoms with E-state index in [0.717, 1.165) is 13.0 Å². The van der Waals surface area contributed by atoms with Crippen LogP contribution in [0, 0.1) is 0 Å². The van der Waals surface area contributed by atoms with Crippen LogP contribution in [0.4, 0.5) is 0 Å². The maximum absolute atomic E-state index is 11.4. The van der Waals surface area contributed by atoms with Crippen LogP contribution in [0.1, 0.15) is 19.3 Å². The van der Waals surface area contributed by atoms with Gasteiger partial charge in [0.25, 0.3) is 0 Å². The predicted octanol–water partition coefficient (Wildman–Crippen LogP) is -0.356. The van der Waals surface area contributed by atoms with Crippen LogP contribution < -0.4 is 10.6 Å². The lowest BCUT2D eigenvalue weighted by molar-refractivity contribution is -0.125. The maximum atomic E-state index is 11.4. The highest BCUT2D eigenvalue weighted by Crippen LogP contribution is 2.09. The second kappa shape index (κ2) is 4.07. The summed E-state index contributed by atoms with van der Waals surface area (Å²) in [4.78, 5) is 11.4. The van der Waals surface area contributed by atoms with Gasteiger partial charge in [-0.05, 0) is 19.4 Å². The molecule has 0 spiro atoms. The van der Waals surface area contributed by atoms with Crippen molar-refractivity contribution in [1.29, 1.82) is 0 Å². The molecule has 74 valence electrons. The van der Waals surface area contributed by atoms with Crippen LogP contribution in [0.25, 0.3) is 0 Å². The Morgan fingerprint density at radius 2 is 2.38 bits per heavy atom. The molecule has 4 heteroatoms. The first-order valence-electron chi connectivity index (χ1n) is 4.95. The van der Waals surface area contributed by atoms with E-state index in [0.29, 0.717) is 25.7 Å². The fraction of sp³-hybridized carbons (Fsp3) is 0.889. The summed E-state index contributed by atoms with van der Waals surface area (Å²) in [5.74, 6) is 0.160. The summed E-state index contributed by atoms with van der Waals surface area (Å²) in [5.41, 5.74) is 0. The molecule has 0 aliphatic carbocycles. The minimum Gasteiger partial charge on any atom is -0.377 e. The van der Waals surface area contributed by atoms with Gasteiger partial charge < -0.3 is 15.4 Å². The summed E-state index contributed by atoms with van der Waals surface area (Å²) < 4.78 is 4.98. The Kier molecular flexibility index (Phi) is 2.80. The summed E-state index contributed by atoms with van der Waals surface area (Å²) in [6.07, 6.45) is 2.95. The predicted molar refractivity (Wildman–Crippen MR) is 48.4 cm³/mol. The quantitative estimate of drug-likeness (QED) is 0.630. The number of ether oxygens (including phenoxy) is 1. The van der Waals surface area contributed by atoms with Crippen molar-refractivity contribution < 1.29 is 9.53 Å². The number of hydrogen-bond donors (Lipinski definition) is 2. The Morgan fingerprint density at radius 1 is 1.54 bits per heavy atom. The van der Waals surface area contributed by atoms with Gasteiger partial charge in [0.1, 0.15) is 0 Å². The zero-order valence-electron chi connectivity index (χ0n) is 7.71. The van der Waals surface area contributed by atoms with Crippen LogP contribution in [0.2, 0.25) is 0 Å². The van der Waals surface area contributed by atoms with Crippen LogP contribution >= 0.6 is 0 Å². The van der Waals surface area contributed by atoms with Gasteiger partial charge in [-0.25, -0.2) is 0 Å². The molecule has 2 N–H and O–H groups in total. The van der Waals surface area contributed by atoms with Crippen molar-refractivity contribution in [2.75, 3.05) is 19.8 Å². The maximum Gasteiger partial charge on any atom is 0.221 e. The topological polar surface area (TPSA) is 50.4 Å². The van der Waals surface area contributed by atoms with E-state index in [1.165, 1.54) is 6.42 Å². The molecule has 0 saturated carbocycles. The molecule has 0 radical (unpaired) electrons. The van der Waals surface area contributed by atoms with Crippen LogP contribution in [-0.4, -0.2) is 37.7 Å². The Labute approximate surface area is 78.0 Å². The number of hydrogen-bond acceptors (Lipinski definition) is 3. The van der Waals surface area contributed by atoms with Crippen molar-refractivity contribution in [3.05, 3.63) is 0 Å². The molecule has 13 heavy (non-hydrogen) atoms. The first-order chi connectivity index (χ1) is 6.34. The summed E-state index contributed by atoms with van der Waals surface area (Å²) in [6, 6.07) is 0.676. The third kappa shape index (κ3) is 2.42. The zero-order chi connectivity index (χ0) is 9.10. The number of amides is 1. The Balaban J connectivity index is 1.64. The first-order valence-corrected chi connectivity index (χ1v) is 4.95. The Morgan fingerprint density at radius 3 is 2.92 bits per heavy atom. The van der Waals surface area contributed by atoms with Crippen molar-refractivity contribution in [2.24, 2.45) is 0 Å². The SMILES string of the molecule is O=C(CC1CCCN1)NC1COC1. The minimum absolute atomic E-state index is 0.160. The van der Waals surface area contributed by atoms with E-state index in [4.69, 9.17) is 4.74 Å². The lowest BCUT2D eigenvalue weighted by atomic mass is 10.1. The van der Waals surface area contributed by atoms with Crippen LogP contribution in [0.15, 0.2) is 0 Å². The molecule has 2 aliphatic rings. The van der Waals surface area contributed by atoms with Gasteiger partial charge in [0.2, 0.25) is 5.91 Å². The zero-order valence-corrected chi connectivity index (χ0v) is 7.71. The second-order valence-electron chi connectivity index (χ2n) is 3.80. The van der Waals surface area contributed by atoms with Crippen molar-refractivity contribution in [1.82, 2.24) is 10.6 Å². The highest BCUT2D eigenvalue weighted by molar-refractivity contribution is 5.77. The van der Waals surface area contributed by atoms with Crippen LogP contribution in [-0.2, 0) is 9.53 Å². The highest BCUT2D eigenvalue weighted by Gasteiger charge is 2.23. The molecule has 0 aromatic carbocycles. The molecule has 1 atom stereocenters. The molecule has 4 nitrogen and oxygen atoms in total. The molecule has 2 saturated heterocycles. The second-order valence-corrected chi connectivity index (χ2v) is 3.80. The summed E-state index contributed by atoms with van der Waals surface area (Å²) in [7, 11) is 0.